The van der Waals surface area contributed by atoms with Gasteiger partial charge in [0.05, 0.1) is 30.9 Å². The Morgan fingerprint density at radius 2 is 1.97 bits per heavy atom. The maximum absolute atomic E-state index is 13.2. The lowest BCUT2D eigenvalue weighted by molar-refractivity contribution is -0.136. The van der Waals surface area contributed by atoms with Crippen LogP contribution in [0.1, 0.15) is 11.3 Å². The van der Waals surface area contributed by atoms with Gasteiger partial charge in [0.25, 0.3) is 11.8 Å². The van der Waals surface area contributed by atoms with Gasteiger partial charge in [0.1, 0.15) is 11.4 Å². The lowest BCUT2D eigenvalue weighted by Gasteiger charge is -2.27. The molecule has 2 aliphatic rings. The number of morpholine rings is 1. The molecule has 1 saturated heterocycles. The molecule has 7 nitrogen and oxygen atoms in total. The lowest BCUT2D eigenvalue weighted by atomic mass is 10.2. The Morgan fingerprint density at radius 1 is 1.16 bits per heavy atom. The van der Waals surface area contributed by atoms with E-state index < -0.39 is 0 Å². The zero-order chi connectivity index (χ0) is 21.8. The van der Waals surface area contributed by atoms with E-state index in [9.17, 15) is 9.59 Å². The third-order valence-electron chi connectivity index (χ3n) is 5.32. The topological polar surface area (TPSA) is 71.1 Å². The molecular formula is C22H24ClN3O4S. The van der Waals surface area contributed by atoms with Crippen molar-refractivity contribution in [3.63, 3.8) is 0 Å². The molecule has 0 radical (unpaired) electrons. The molecule has 1 aromatic carbocycles. The van der Waals surface area contributed by atoms with E-state index in [1.807, 2.05) is 17.5 Å². The number of methoxy groups -OCH3 is 1. The van der Waals surface area contributed by atoms with Gasteiger partial charge in [0.2, 0.25) is 0 Å². The summed E-state index contributed by atoms with van der Waals surface area (Å²) in [6.45, 7) is 4.41. The zero-order valence-corrected chi connectivity index (χ0v) is 18.8. The fraction of sp³-hybridized carbons (Fsp3) is 0.364. The van der Waals surface area contributed by atoms with Crippen molar-refractivity contribution < 1.29 is 19.1 Å². The first-order valence-electron chi connectivity index (χ1n) is 10.1. The van der Waals surface area contributed by atoms with Crippen molar-refractivity contribution in [2.45, 2.75) is 6.42 Å². The van der Waals surface area contributed by atoms with Gasteiger partial charge in [-0.2, -0.15) is 0 Å². The molecule has 164 valence electrons. The minimum absolute atomic E-state index is 0.267. The molecule has 1 aromatic heterocycles. The molecule has 3 heterocycles. The van der Waals surface area contributed by atoms with E-state index in [-0.39, 0.29) is 17.5 Å². The van der Waals surface area contributed by atoms with Crippen LogP contribution in [0.5, 0.6) is 5.75 Å². The molecule has 1 N–H and O–H groups in total. The fourth-order valence-corrected chi connectivity index (χ4v) is 4.74. The van der Waals surface area contributed by atoms with E-state index in [4.69, 9.17) is 21.1 Å². The van der Waals surface area contributed by atoms with Crippen LogP contribution in [0.2, 0.25) is 5.02 Å². The summed E-state index contributed by atoms with van der Waals surface area (Å²) in [6, 6.07) is 8.89. The number of hydrogen-bond donors (Lipinski definition) is 1. The number of nitrogens with one attached hydrogen (secondary N) is 1. The van der Waals surface area contributed by atoms with Gasteiger partial charge >= 0.3 is 0 Å². The number of rotatable bonds is 8. The first-order chi connectivity index (χ1) is 15.1. The van der Waals surface area contributed by atoms with E-state index in [1.54, 1.807) is 25.3 Å². The monoisotopic (exact) mass is 461 g/mol. The second-order valence-corrected chi connectivity index (χ2v) is 8.63. The van der Waals surface area contributed by atoms with Crippen molar-refractivity contribution in [3.8, 4) is 5.75 Å². The van der Waals surface area contributed by atoms with E-state index in [0.717, 1.165) is 44.1 Å². The highest BCUT2D eigenvalue weighted by molar-refractivity contribution is 7.11. The van der Waals surface area contributed by atoms with Crippen LogP contribution in [0.3, 0.4) is 0 Å². The average molecular weight is 462 g/mol. The number of ether oxygens (including phenoxy) is 2. The van der Waals surface area contributed by atoms with Gasteiger partial charge in [0, 0.05) is 36.7 Å². The third kappa shape index (κ3) is 4.77. The summed E-state index contributed by atoms with van der Waals surface area (Å²) >= 11 is 7.66. The lowest BCUT2D eigenvalue weighted by Crippen LogP contribution is -2.39. The second-order valence-electron chi connectivity index (χ2n) is 7.27. The third-order valence-corrected chi connectivity index (χ3v) is 6.50. The quantitative estimate of drug-likeness (QED) is 0.608. The summed E-state index contributed by atoms with van der Waals surface area (Å²) in [5.74, 6) is -0.0444. The van der Waals surface area contributed by atoms with E-state index in [1.165, 1.54) is 16.2 Å². The Morgan fingerprint density at radius 3 is 2.65 bits per heavy atom. The number of carbonyl (C=O) groups excluding carboxylic acids is 2. The van der Waals surface area contributed by atoms with Crippen molar-refractivity contribution in [1.29, 1.82) is 0 Å². The molecule has 0 aliphatic carbocycles. The number of thiophene rings is 1. The molecule has 0 saturated carbocycles. The van der Waals surface area contributed by atoms with E-state index in [0.29, 0.717) is 28.6 Å². The first-order valence-corrected chi connectivity index (χ1v) is 11.4. The molecule has 2 aromatic rings. The summed E-state index contributed by atoms with van der Waals surface area (Å²) in [5.41, 5.74) is 1.30. The second kappa shape index (κ2) is 9.82. The molecule has 0 atom stereocenters. The molecule has 2 aliphatic heterocycles. The summed E-state index contributed by atoms with van der Waals surface area (Å²) < 4.78 is 10.6. The molecule has 4 rings (SSSR count). The Bertz CT molecular complexity index is 987. The van der Waals surface area contributed by atoms with E-state index in [2.05, 4.69) is 10.2 Å². The van der Waals surface area contributed by atoms with Gasteiger partial charge in [-0.15, -0.1) is 11.3 Å². The highest BCUT2D eigenvalue weighted by atomic mass is 35.5. The Kier molecular flexibility index (Phi) is 6.92. The molecule has 2 amide bonds. The average Bonchev–Trinajstić information content (AvgIpc) is 3.37. The summed E-state index contributed by atoms with van der Waals surface area (Å²) in [5, 5.41) is 5.44. The fourth-order valence-electron chi connectivity index (χ4n) is 3.71. The van der Waals surface area contributed by atoms with Crippen LogP contribution in [-0.2, 0) is 14.3 Å². The van der Waals surface area contributed by atoms with Gasteiger partial charge in [0.15, 0.2) is 0 Å². The van der Waals surface area contributed by atoms with Gasteiger partial charge in [-0.05, 0) is 36.1 Å². The van der Waals surface area contributed by atoms with Crippen molar-refractivity contribution in [2.75, 3.05) is 51.8 Å². The van der Waals surface area contributed by atoms with Crippen LogP contribution in [-0.4, -0.2) is 68.1 Å². The molecule has 31 heavy (non-hydrogen) atoms. The van der Waals surface area contributed by atoms with Crippen LogP contribution >= 0.6 is 22.9 Å². The maximum Gasteiger partial charge on any atom is 0.278 e. The SMILES string of the molecule is COc1ccc(NC2=C(c3cccs3)C(=O)N(CCCN3CCOCC3)C2=O)cc1Cl. The standard InChI is InChI=1S/C22H24ClN3O4S/c1-29-17-6-5-15(14-16(17)23)24-20-19(18-4-2-13-31-18)21(27)26(22(20)28)8-3-7-25-9-11-30-12-10-25/h2,4-6,13-14,24H,3,7-12H2,1H3. The van der Waals surface area contributed by atoms with Crippen molar-refractivity contribution in [1.82, 2.24) is 9.80 Å². The highest BCUT2D eigenvalue weighted by Crippen LogP contribution is 2.34. The van der Waals surface area contributed by atoms with Gasteiger partial charge < -0.3 is 14.8 Å². The predicted octanol–water partition coefficient (Wildman–Crippen LogP) is 3.32. The minimum Gasteiger partial charge on any atom is -0.495 e. The Hall–Kier alpha value is -2.39. The molecular weight excluding hydrogens is 438 g/mol. The largest absolute Gasteiger partial charge is 0.495 e. The number of anilines is 1. The van der Waals surface area contributed by atoms with Crippen LogP contribution in [0.4, 0.5) is 5.69 Å². The van der Waals surface area contributed by atoms with Gasteiger partial charge in [-0.1, -0.05) is 17.7 Å². The highest BCUT2D eigenvalue weighted by Gasteiger charge is 2.39. The summed E-state index contributed by atoms with van der Waals surface area (Å²) in [4.78, 5) is 30.8. The Labute approximate surface area is 190 Å². The van der Waals surface area contributed by atoms with Gasteiger partial charge in [-0.3, -0.25) is 19.4 Å². The zero-order valence-electron chi connectivity index (χ0n) is 17.2. The van der Waals surface area contributed by atoms with Crippen molar-refractivity contribution >= 4 is 46.0 Å². The first kappa shape index (κ1) is 21.8. The van der Waals surface area contributed by atoms with Crippen LogP contribution < -0.4 is 10.1 Å². The summed E-state index contributed by atoms with van der Waals surface area (Å²) in [6.07, 6.45) is 0.719. The molecule has 9 heteroatoms. The Balaban J connectivity index is 1.53. The van der Waals surface area contributed by atoms with Gasteiger partial charge in [-0.25, -0.2) is 0 Å². The van der Waals surface area contributed by atoms with Crippen LogP contribution in [0, 0.1) is 0 Å². The van der Waals surface area contributed by atoms with Crippen LogP contribution in [0.25, 0.3) is 5.57 Å². The number of halogens is 1. The number of carbonyl (C=O) groups is 2. The number of imide groups is 1. The van der Waals surface area contributed by atoms with E-state index >= 15 is 0 Å². The van der Waals surface area contributed by atoms with Crippen molar-refractivity contribution in [2.24, 2.45) is 0 Å². The maximum atomic E-state index is 13.2. The molecule has 0 unspecified atom stereocenters. The number of amides is 2. The number of hydrogen-bond acceptors (Lipinski definition) is 7. The predicted molar refractivity (Wildman–Crippen MR) is 121 cm³/mol. The number of benzene rings is 1. The normalized spacial score (nSPS) is 17.5. The molecule has 0 spiro atoms. The number of nitrogens with zero attached hydrogens (tertiary/aromatic N) is 2. The minimum atomic E-state index is -0.317. The summed E-state index contributed by atoms with van der Waals surface area (Å²) in [7, 11) is 1.54. The molecule has 1 fully saturated rings. The smallest absolute Gasteiger partial charge is 0.278 e. The van der Waals surface area contributed by atoms with Crippen LogP contribution in [0.15, 0.2) is 41.4 Å². The van der Waals surface area contributed by atoms with Crippen molar-refractivity contribution in [3.05, 3.63) is 51.3 Å². The molecule has 0 bridgehead atoms.